The molecule has 0 fully saturated rings. The van der Waals surface area contributed by atoms with Gasteiger partial charge in [0.25, 0.3) is 5.69 Å². The molecule has 16 heavy (non-hydrogen) atoms. The number of carbonyl (C=O) groups is 1. The Labute approximate surface area is 113 Å². The minimum absolute atomic E-state index is 0. The van der Waals surface area contributed by atoms with E-state index in [9.17, 15) is 20.0 Å². The van der Waals surface area contributed by atoms with E-state index < -0.39 is 22.1 Å². The summed E-state index contributed by atoms with van der Waals surface area (Å²) < 4.78 is 4.70. The van der Waals surface area contributed by atoms with Crippen LogP contribution in [0.25, 0.3) is 0 Å². The predicted molar refractivity (Wildman–Crippen MR) is 48.4 cm³/mol. The molecule has 8 heteroatoms. The number of nitrogen functional groups attached to an aromatic ring is 1. The quantitative estimate of drug-likeness (QED) is 0.251. The van der Waals surface area contributed by atoms with Crippen molar-refractivity contribution in [2.75, 3.05) is 12.8 Å². The summed E-state index contributed by atoms with van der Waals surface area (Å²) in [4.78, 5) is 20.3. The average Bonchev–Trinajstić information content (AvgIpc) is 2.16. The number of hydrogen-bond acceptors (Lipinski definition) is 6. The van der Waals surface area contributed by atoms with Gasteiger partial charge < -0.3 is 20.4 Å². The maximum absolute atomic E-state index is 10.6. The van der Waals surface area contributed by atoms with Crippen LogP contribution in [0.15, 0.2) is 12.1 Å². The van der Waals surface area contributed by atoms with E-state index in [4.69, 9.17) is 10.5 Å². The summed E-state index contributed by atoms with van der Waals surface area (Å²) in [6.45, 7) is 0. The molecule has 80 valence electrons. The van der Waals surface area contributed by atoms with E-state index in [2.05, 4.69) is 0 Å². The predicted octanol–water partition coefficient (Wildman–Crippen LogP) is -3.45. The number of nitrogens with zero attached hydrogens (tertiary/aromatic N) is 1. The second kappa shape index (κ2) is 5.69. The first-order valence-corrected chi connectivity index (χ1v) is 3.80. The van der Waals surface area contributed by atoms with Crippen molar-refractivity contribution in [1.82, 2.24) is 0 Å². The summed E-state index contributed by atoms with van der Waals surface area (Å²) in [5.74, 6) is -1.63. The van der Waals surface area contributed by atoms with E-state index >= 15 is 0 Å². The van der Waals surface area contributed by atoms with Crippen LogP contribution in [0.2, 0.25) is 0 Å². The molecular weight excluding hydrogens is 227 g/mol. The van der Waals surface area contributed by atoms with Crippen molar-refractivity contribution in [2.24, 2.45) is 0 Å². The number of nitro benzene ring substituents is 1. The van der Waals surface area contributed by atoms with Crippen molar-refractivity contribution < 1.29 is 49.1 Å². The van der Waals surface area contributed by atoms with Gasteiger partial charge in [0.05, 0.1) is 18.0 Å². The number of benzene rings is 1. The number of ether oxygens (including phenoxy) is 1. The molecule has 0 bridgehead atoms. The van der Waals surface area contributed by atoms with Crippen LogP contribution in [0.3, 0.4) is 0 Å². The third-order valence-corrected chi connectivity index (χ3v) is 1.77. The fourth-order valence-electron chi connectivity index (χ4n) is 1.07. The SMILES string of the molecule is COc1cc(N)c([N+](=O)[O-])cc1C(=O)[O-].[Na+]. The molecule has 0 spiro atoms. The van der Waals surface area contributed by atoms with Gasteiger partial charge in [0.1, 0.15) is 11.4 Å². The zero-order valence-corrected chi connectivity index (χ0v) is 10.7. The molecule has 0 aromatic heterocycles. The van der Waals surface area contributed by atoms with Gasteiger partial charge in [-0.2, -0.15) is 0 Å². The summed E-state index contributed by atoms with van der Waals surface area (Å²) in [5.41, 5.74) is 4.27. The summed E-state index contributed by atoms with van der Waals surface area (Å²) in [5, 5.41) is 21.1. The second-order valence-electron chi connectivity index (χ2n) is 2.66. The maximum Gasteiger partial charge on any atom is 1.00 e. The standard InChI is InChI=1S/C8H8N2O5.Na/c1-15-7-3-5(9)6(10(13)14)2-4(7)8(11)12;/h2-3H,9H2,1H3,(H,11,12);/q;+1/p-1. The van der Waals surface area contributed by atoms with Crippen LogP contribution in [0.5, 0.6) is 5.75 Å². The number of anilines is 1. The number of carboxylic acids is 1. The van der Waals surface area contributed by atoms with Crippen molar-refractivity contribution in [1.29, 1.82) is 0 Å². The Morgan fingerprint density at radius 2 is 2.06 bits per heavy atom. The van der Waals surface area contributed by atoms with Gasteiger partial charge in [0.2, 0.25) is 0 Å². The van der Waals surface area contributed by atoms with E-state index in [1.54, 1.807) is 0 Å². The van der Waals surface area contributed by atoms with Gasteiger partial charge in [0.15, 0.2) is 0 Å². The van der Waals surface area contributed by atoms with E-state index in [-0.39, 0.29) is 41.0 Å². The summed E-state index contributed by atoms with van der Waals surface area (Å²) in [7, 11) is 1.23. The number of nitrogens with two attached hydrogens (primary N) is 1. The van der Waals surface area contributed by atoms with Gasteiger partial charge in [-0.15, -0.1) is 0 Å². The minimum Gasteiger partial charge on any atom is -0.545 e. The fourth-order valence-corrected chi connectivity index (χ4v) is 1.07. The Kier molecular flexibility index (Phi) is 5.22. The molecule has 1 rings (SSSR count). The van der Waals surface area contributed by atoms with Crippen molar-refractivity contribution in [3.63, 3.8) is 0 Å². The number of carboxylic acid groups (broad SMARTS) is 1. The average molecular weight is 234 g/mol. The third-order valence-electron chi connectivity index (χ3n) is 1.77. The molecule has 0 unspecified atom stereocenters. The molecule has 1 aromatic carbocycles. The zero-order valence-electron chi connectivity index (χ0n) is 8.72. The topological polar surface area (TPSA) is 119 Å². The van der Waals surface area contributed by atoms with E-state index in [0.717, 1.165) is 12.1 Å². The smallest absolute Gasteiger partial charge is 0.545 e. The number of hydrogen-bond donors (Lipinski definition) is 1. The summed E-state index contributed by atoms with van der Waals surface area (Å²) in [6.07, 6.45) is 0. The molecule has 0 saturated carbocycles. The minimum atomic E-state index is -1.56. The Morgan fingerprint density at radius 1 is 1.50 bits per heavy atom. The molecule has 0 amide bonds. The summed E-state index contributed by atoms with van der Waals surface area (Å²) in [6, 6.07) is 1.88. The van der Waals surface area contributed by atoms with E-state index in [1.165, 1.54) is 7.11 Å². The van der Waals surface area contributed by atoms with Crippen LogP contribution < -0.4 is 45.1 Å². The van der Waals surface area contributed by atoms with Gasteiger partial charge in [-0.1, -0.05) is 0 Å². The molecule has 0 aliphatic rings. The molecule has 7 nitrogen and oxygen atoms in total. The number of aromatic carboxylic acids is 1. The Morgan fingerprint density at radius 3 is 2.44 bits per heavy atom. The van der Waals surface area contributed by atoms with Gasteiger partial charge >= 0.3 is 29.6 Å². The number of carbonyl (C=O) groups excluding carboxylic acids is 1. The molecule has 2 N–H and O–H groups in total. The van der Waals surface area contributed by atoms with Crippen LogP contribution >= 0.6 is 0 Å². The van der Waals surface area contributed by atoms with E-state index in [0.29, 0.717) is 0 Å². The first-order chi connectivity index (χ1) is 6.97. The number of methoxy groups -OCH3 is 1. The van der Waals surface area contributed by atoms with Crippen molar-refractivity contribution >= 4 is 17.3 Å². The first-order valence-electron chi connectivity index (χ1n) is 3.80. The van der Waals surface area contributed by atoms with Crippen molar-refractivity contribution in [3.05, 3.63) is 27.8 Å². The molecule has 0 radical (unpaired) electrons. The number of nitro groups is 1. The van der Waals surface area contributed by atoms with E-state index in [1.807, 2.05) is 0 Å². The van der Waals surface area contributed by atoms with Crippen LogP contribution in [-0.4, -0.2) is 18.0 Å². The van der Waals surface area contributed by atoms with Crippen LogP contribution in [0.1, 0.15) is 10.4 Å². The molecule has 0 saturated heterocycles. The molecule has 0 aliphatic heterocycles. The molecular formula is C8H7N2NaO5. The largest absolute Gasteiger partial charge is 1.00 e. The van der Waals surface area contributed by atoms with Gasteiger partial charge in [-0.3, -0.25) is 10.1 Å². The Balaban J connectivity index is 0.00000225. The Hall–Kier alpha value is -1.31. The number of rotatable bonds is 3. The van der Waals surface area contributed by atoms with Gasteiger partial charge in [0, 0.05) is 17.7 Å². The van der Waals surface area contributed by atoms with Crippen LogP contribution in [-0.2, 0) is 0 Å². The van der Waals surface area contributed by atoms with Crippen molar-refractivity contribution in [2.45, 2.75) is 0 Å². The first kappa shape index (κ1) is 14.7. The molecule has 1 aromatic rings. The molecule has 0 atom stereocenters. The van der Waals surface area contributed by atoms with Crippen LogP contribution in [0, 0.1) is 10.1 Å². The zero-order chi connectivity index (χ0) is 11.6. The van der Waals surface area contributed by atoms with Gasteiger partial charge in [-0.25, -0.2) is 0 Å². The fraction of sp³-hybridized carbons (Fsp3) is 0.125. The molecule has 0 aliphatic carbocycles. The molecule has 0 heterocycles. The summed E-state index contributed by atoms with van der Waals surface area (Å²) >= 11 is 0. The maximum atomic E-state index is 10.6. The second-order valence-corrected chi connectivity index (χ2v) is 2.66. The van der Waals surface area contributed by atoms with Gasteiger partial charge in [-0.05, 0) is 0 Å². The monoisotopic (exact) mass is 234 g/mol. The Bertz CT molecular complexity index is 435. The van der Waals surface area contributed by atoms with Crippen LogP contribution in [0.4, 0.5) is 11.4 Å². The normalized spacial score (nSPS) is 9.06. The third kappa shape index (κ3) is 2.84. The van der Waals surface area contributed by atoms with Crippen molar-refractivity contribution in [3.8, 4) is 5.75 Å².